The van der Waals surface area contributed by atoms with Gasteiger partial charge in [0, 0.05) is 44.8 Å². The summed E-state index contributed by atoms with van der Waals surface area (Å²) < 4.78 is 7.93. The summed E-state index contributed by atoms with van der Waals surface area (Å²) in [7, 11) is 0. The van der Waals surface area contributed by atoms with Gasteiger partial charge in [-0.15, -0.1) is 0 Å². The molecule has 2 fully saturated rings. The van der Waals surface area contributed by atoms with Crippen molar-refractivity contribution in [1.29, 1.82) is 0 Å². The molecule has 1 atom stereocenters. The standard InChI is InChI=1S/C25H34N4O3/c1-3-29-16-12-22(26-29)25(31)28-13-6-7-20(17-28)18-32-23-9-5-4-8-21(23)24(30)27-14-10-19(2)11-15-27/h4-5,8-9,12,16,19-20H,3,6-7,10-11,13-15,17-18H2,1-2H3. The minimum absolute atomic E-state index is 0.0168. The number of aryl methyl sites for hydroxylation is 1. The molecule has 2 aliphatic rings. The number of aromatic nitrogens is 2. The number of ether oxygens (including phenoxy) is 1. The fourth-order valence-electron chi connectivity index (χ4n) is 4.56. The van der Waals surface area contributed by atoms with E-state index in [1.54, 1.807) is 10.7 Å². The number of carbonyl (C=O) groups is 2. The summed E-state index contributed by atoms with van der Waals surface area (Å²) in [6.45, 7) is 8.50. The van der Waals surface area contributed by atoms with E-state index in [1.165, 1.54) is 0 Å². The predicted octanol–water partition coefficient (Wildman–Crippen LogP) is 3.71. The van der Waals surface area contributed by atoms with Crippen molar-refractivity contribution in [2.45, 2.75) is 46.1 Å². The molecule has 0 spiro atoms. The smallest absolute Gasteiger partial charge is 0.274 e. The maximum Gasteiger partial charge on any atom is 0.274 e. The van der Waals surface area contributed by atoms with E-state index in [9.17, 15) is 9.59 Å². The van der Waals surface area contributed by atoms with E-state index in [2.05, 4.69) is 12.0 Å². The van der Waals surface area contributed by atoms with Crippen LogP contribution in [-0.4, -0.2) is 64.2 Å². The molecule has 0 saturated carbocycles. The molecule has 172 valence electrons. The Morgan fingerprint density at radius 3 is 2.56 bits per heavy atom. The van der Waals surface area contributed by atoms with E-state index in [4.69, 9.17) is 4.74 Å². The van der Waals surface area contributed by atoms with Crippen LogP contribution in [-0.2, 0) is 6.54 Å². The Balaban J connectivity index is 1.36. The SMILES string of the molecule is CCn1ccc(C(=O)N2CCCC(COc3ccccc3C(=O)N3CCC(C)CC3)C2)n1. The van der Waals surface area contributed by atoms with Gasteiger partial charge in [0.25, 0.3) is 11.8 Å². The quantitative estimate of drug-likeness (QED) is 0.690. The topological polar surface area (TPSA) is 67.7 Å². The van der Waals surface area contributed by atoms with Crippen molar-refractivity contribution in [2.75, 3.05) is 32.8 Å². The number of hydrogen-bond donors (Lipinski definition) is 0. The third-order valence-corrected chi connectivity index (χ3v) is 6.65. The first kappa shape index (κ1) is 22.4. The Labute approximate surface area is 190 Å². The second kappa shape index (κ2) is 10.2. The van der Waals surface area contributed by atoms with Crippen LogP contribution in [0.3, 0.4) is 0 Å². The Morgan fingerprint density at radius 2 is 1.81 bits per heavy atom. The zero-order valence-electron chi connectivity index (χ0n) is 19.2. The molecule has 0 aliphatic carbocycles. The van der Waals surface area contributed by atoms with Crippen molar-refractivity contribution in [3.63, 3.8) is 0 Å². The van der Waals surface area contributed by atoms with Crippen LogP contribution < -0.4 is 4.74 Å². The highest BCUT2D eigenvalue weighted by Gasteiger charge is 2.27. The summed E-state index contributed by atoms with van der Waals surface area (Å²) in [5.74, 6) is 1.59. The molecule has 2 amide bonds. The highest BCUT2D eigenvalue weighted by atomic mass is 16.5. The number of likely N-dealkylation sites (tertiary alicyclic amines) is 2. The average molecular weight is 439 g/mol. The lowest BCUT2D eigenvalue weighted by atomic mass is 9.98. The van der Waals surface area contributed by atoms with Crippen LogP contribution in [0.2, 0.25) is 0 Å². The highest BCUT2D eigenvalue weighted by molar-refractivity contribution is 5.97. The van der Waals surface area contributed by atoms with Crippen LogP contribution in [0.1, 0.15) is 60.4 Å². The van der Waals surface area contributed by atoms with Crippen molar-refractivity contribution in [1.82, 2.24) is 19.6 Å². The number of rotatable bonds is 6. The monoisotopic (exact) mass is 438 g/mol. The van der Waals surface area contributed by atoms with Crippen LogP contribution in [0.25, 0.3) is 0 Å². The molecule has 2 aromatic rings. The molecule has 4 rings (SSSR count). The van der Waals surface area contributed by atoms with Gasteiger partial charge in [0.2, 0.25) is 0 Å². The molecule has 1 unspecified atom stereocenters. The van der Waals surface area contributed by atoms with Crippen molar-refractivity contribution in [2.24, 2.45) is 11.8 Å². The minimum Gasteiger partial charge on any atom is -0.492 e. The van der Waals surface area contributed by atoms with Gasteiger partial charge in [0.15, 0.2) is 0 Å². The lowest BCUT2D eigenvalue weighted by molar-refractivity contribution is 0.0624. The molecule has 0 radical (unpaired) electrons. The summed E-state index contributed by atoms with van der Waals surface area (Å²) in [5.41, 5.74) is 1.14. The summed E-state index contributed by atoms with van der Waals surface area (Å²) in [6.07, 6.45) is 5.90. The number of nitrogens with zero attached hydrogens (tertiary/aromatic N) is 4. The lowest BCUT2D eigenvalue weighted by Crippen LogP contribution is -2.42. The summed E-state index contributed by atoms with van der Waals surface area (Å²) >= 11 is 0. The lowest BCUT2D eigenvalue weighted by Gasteiger charge is -2.33. The molecule has 7 nitrogen and oxygen atoms in total. The van der Waals surface area contributed by atoms with Gasteiger partial charge in [-0.1, -0.05) is 19.1 Å². The largest absolute Gasteiger partial charge is 0.492 e. The second-order valence-electron chi connectivity index (χ2n) is 9.10. The van der Waals surface area contributed by atoms with Crippen LogP contribution in [0.4, 0.5) is 0 Å². The number of carbonyl (C=O) groups excluding carboxylic acids is 2. The molecule has 32 heavy (non-hydrogen) atoms. The third-order valence-electron chi connectivity index (χ3n) is 6.65. The fraction of sp³-hybridized carbons (Fsp3) is 0.560. The molecule has 0 bridgehead atoms. The first-order chi connectivity index (χ1) is 15.5. The molecule has 0 N–H and O–H groups in total. The van der Waals surface area contributed by atoms with Gasteiger partial charge in [-0.25, -0.2) is 0 Å². The number of benzene rings is 1. The van der Waals surface area contributed by atoms with Gasteiger partial charge in [-0.3, -0.25) is 14.3 Å². The van der Waals surface area contributed by atoms with Crippen LogP contribution in [0.15, 0.2) is 36.5 Å². The van der Waals surface area contributed by atoms with E-state index >= 15 is 0 Å². The van der Waals surface area contributed by atoms with Gasteiger partial charge < -0.3 is 14.5 Å². The molecule has 7 heteroatoms. The number of amides is 2. The molecule has 2 aliphatic heterocycles. The Hall–Kier alpha value is -2.83. The summed E-state index contributed by atoms with van der Waals surface area (Å²) in [6, 6.07) is 9.32. The Bertz CT molecular complexity index is 933. The Kier molecular flexibility index (Phi) is 7.12. The third kappa shape index (κ3) is 5.14. The van der Waals surface area contributed by atoms with E-state index in [1.807, 2.05) is 47.2 Å². The zero-order valence-corrected chi connectivity index (χ0v) is 19.2. The normalized spacial score (nSPS) is 19.8. The molecular weight excluding hydrogens is 404 g/mol. The zero-order chi connectivity index (χ0) is 22.5. The van der Waals surface area contributed by atoms with Gasteiger partial charge in [-0.05, 0) is 56.7 Å². The van der Waals surface area contributed by atoms with Gasteiger partial charge in [0.1, 0.15) is 11.4 Å². The maximum atomic E-state index is 13.1. The first-order valence-electron chi connectivity index (χ1n) is 11.9. The van der Waals surface area contributed by atoms with Crippen molar-refractivity contribution >= 4 is 11.8 Å². The number of para-hydroxylation sites is 1. The predicted molar refractivity (Wildman–Crippen MR) is 123 cm³/mol. The highest BCUT2D eigenvalue weighted by Crippen LogP contribution is 2.25. The number of hydrogen-bond acceptors (Lipinski definition) is 4. The van der Waals surface area contributed by atoms with Gasteiger partial charge >= 0.3 is 0 Å². The molecule has 3 heterocycles. The number of piperidine rings is 2. The summed E-state index contributed by atoms with van der Waals surface area (Å²) in [5, 5.41) is 4.35. The van der Waals surface area contributed by atoms with E-state index in [0.29, 0.717) is 36.1 Å². The first-order valence-corrected chi connectivity index (χ1v) is 11.9. The fourth-order valence-corrected chi connectivity index (χ4v) is 4.56. The van der Waals surface area contributed by atoms with Gasteiger partial charge in [-0.2, -0.15) is 5.10 Å². The maximum absolute atomic E-state index is 13.1. The van der Waals surface area contributed by atoms with E-state index in [-0.39, 0.29) is 17.7 Å². The van der Waals surface area contributed by atoms with E-state index in [0.717, 1.165) is 51.9 Å². The molecule has 1 aromatic carbocycles. The second-order valence-corrected chi connectivity index (χ2v) is 9.10. The van der Waals surface area contributed by atoms with Crippen LogP contribution >= 0.6 is 0 Å². The Morgan fingerprint density at radius 1 is 1.03 bits per heavy atom. The van der Waals surface area contributed by atoms with E-state index < -0.39 is 0 Å². The van der Waals surface area contributed by atoms with Crippen molar-refractivity contribution < 1.29 is 14.3 Å². The van der Waals surface area contributed by atoms with Crippen molar-refractivity contribution in [3.8, 4) is 5.75 Å². The van der Waals surface area contributed by atoms with Crippen LogP contribution in [0.5, 0.6) is 5.75 Å². The molecule has 1 aromatic heterocycles. The minimum atomic E-state index is -0.0168. The molecule has 2 saturated heterocycles. The molecular formula is C25H34N4O3. The van der Waals surface area contributed by atoms with Crippen LogP contribution in [0, 0.1) is 11.8 Å². The average Bonchev–Trinajstić information content (AvgIpc) is 3.32. The van der Waals surface area contributed by atoms with Crippen molar-refractivity contribution in [3.05, 3.63) is 47.8 Å². The summed E-state index contributed by atoms with van der Waals surface area (Å²) in [4.78, 5) is 29.8. The van der Waals surface area contributed by atoms with Gasteiger partial charge in [0.05, 0.1) is 12.2 Å².